The lowest BCUT2D eigenvalue weighted by Gasteiger charge is -2.09. The Bertz CT molecular complexity index is 1110. The SMILES string of the molecule is Cc1ccc(-c2csc(NC(=O)c3cc(F)c(F)cc3Cl)c2C(N)=O)cc1C. The summed E-state index contributed by atoms with van der Waals surface area (Å²) in [6.45, 7) is 3.92. The predicted molar refractivity (Wildman–Crippen MR) is 107 cm³/mol. The Balaban J connectivity index is 2.00. The highest BCUT2D eigenvalue weighted by Crippen LogP contribution is 2.36. The zero-order valence-electron chi connectivity index (χ0n) is 14.9. The van der Waals surface area contributed by atoms with Gasteiger partial charge in [-0.1, -0.05) is 29.8 Å². The molecule has 0 radical (unpaired) electrons. The van der Waals surface area contributed by atoms with Crippen molar-refractivity contribution in [3.63, 3.8) is 0 Å². The van der Waals surface area contributed by atoms with Gasteiger partial charge in [-0.25, -0.2) is 8.78 Å². The summed E-state index contributed by atoms with van der Waals surface area (Å²) in [5, 5.41) is 4.17. The van der Waals surface area contributed by atoms with Gasteiger partial charge in [-0.3, -0.25) is 9.59 Å². The van der Waals surface area contributed by atoms with Crippen LogP contribution in [0.15, 0.2) is 35.7 Å². The number of primary amides is 1. The summed E-state index contributed by atoms with van der Waals surface area (Å²) in [5.74, 6) is -3.86. The van der Waals surface area contributed by atoms with Crippen LogP contribution < -0.4 is 11.1 Å². The largest absolute Gasteiger partial charge is 0.365 e. The Kier molecular flexibility index (Phi) is 5.49. The fraction of sp³-hybridized carbons (Fsp3) is 0.100. The summed E-state index contributed by atoms with van der Waals surface area (Å²) in [6.07, 6.45) is 0. The van der Waals surface area contributed by atoms with E-state index in [4.69, 9.17) is 17.3 Å². The molecule has 0 atom stereocenters. The van der Waals surface area contributed by atoms with Gasteiger partial charge in [-0.05, 0) is 42.7 Å². The number of aryl methyl sites for hydroxylation is 2. The van der Waals surface area contributed by atoms with E-state index in [-0.39, 0.29) is 21.2 Å². The maximum absolute atomic E-state index is 13.5. The van der Waals surface area contributed by atoms with E-state index < -0.39 is 23.4 Å². The van der Waals surface area contributed by atoms with Gasteiger partial charge >= 0.3 is 0 Å². The van der Waals surface area contributed by atoms with Crippen LogP contribution in [0.4, 0.5) is 13.8 Å². The molecule has 0 aliphatic rings. The molecule has 0 fully saturated rings. The van der Waals surface area contributed by atoms with Gasteiger partial charge in [-0.15, -0.1) is 11.3 Å². The van der Waals surface area contributed by atoms with Crippen LogP contribution in [0, 0.1) is 25.5 Å². The molecule has 1 aromatic heterocycles. The van der Waals surface area contributed by atoms with Gasteiger partial charge in [0.2, 0.25) is 0 Å². The number of hydrogen-bond donors (Lipinski definition) is 2. The molecule has 2 aromatic carbocycles. The van der Waals surface area contributed by atoms with E-state index in [1.165, 1.54) is 0 Å². The van der Waals surface area contributed by atoms with E-state index in [1.807, 2.05) is 32.0 Å². The van der Waals surface area contributed by atoms with E-state index in [2.05, 4.69) is 5.32 Å². The third-order valence-corrected chi connectivity index (χ3v) is 5.55. The van der Waals surface area contributed by atoms with Gasteiger partial charge in [-0.2, -0.15) is 0 Å². The van der Waals surface area contributed by atoms with Crippen molar-refractivity contribution in [1.29, 1.82) is 0 Å². The molecule has 4 nitrogen and oxygen atoms in total. The molecule has 2 amide bonds. The molecule has 0 aliphatic carbocycles. The number of anilines is 1. The van der Waals surface area contributed by atoms with Crippen molar-refractivity contribution in [3.8, 4) is 11.1 Å². The average molecular weight is 421 g/mol. The minimum atomic E-state index is -1.20. The molecule has 0 saturated heterocycles. The van der Waals surface area contributed by atoms with E-state index >= 15 is 0 Å². The molecule has 3 N–H and O–H groups in total. The number of thiophene rings is 1. The number of rotatable bonds is 4. The molecule has 8 heteroatoms. The van der Waals surface area contributed by atoms with E-state index in [0.29, 0.717) is 11.6 Å². The minimum Gasteiger partial charge on any atom is -0.365 e. The molecule has 0 aliphatic heterocycles. The Morgan fingerprint density at radius 1 is 1.07 bits per heavy atom. The van der Waals surface area contributed by atoms with Crippen LogP contribution in [-0.4, -0.2) is 11.8 Å². The number of nitrogens with two attached hydrogens (primary N) is 1. The number of amides is 2. The summed E-state index contributed by atoms with van der Waals surface area (Å²) in [6, 6.07) is 7.12. The second-order valence-electron chi connectivity index (χ2n) is 6.22. The summed E-state index contributed by atoms with van der Waals surface area (Å²) in [5.41, 5.74) is 8.91. The summed E-state index contributed by atoms with van der Waals surface area (Å²) < 4.78 is 26.7. The first-order chi connectivity index (χ1) is 13.2. The molecule has 0 spiro atoms. The maximum Gasteiger partial charge on any atom is 0.257 e. The number of nitrogens with one attached hydrogen (secondary N) is 1. The summed E-state index contributed by atoms with van der Waals surface area (Å²) in [4.78, 5) is 24.5. The van der Waals surface area contributed by atoms with E-state index in [9.17, 15) is 18.4 Å². The molecule has 3 aromatic rings. The molecular formula is C20H15ClF2N2O2S. The van der Waals surface area contributed by atoms with Crippen molar-refractivity contribution >= 4 is 39.8 Å². The maximum atomic E-state index is 13.5. The minimum absolute atomic E-state index is 0.139. The lowest BCUT2D eigenvalue weighted by Crippen LogP contribution is -2.18. The van der Waals surface area contributed by atoms with Crippen LogP contribution in [0.2, 0.25) is 5.02 Å². The molecular weight excluding hydrogens is 406 g/mol. The van der Waals surface area contributed by atoms with Crippen LogP contribution in [0.5, 0.6) is 0 Å². The van der Waals surface area contributed by atoms with Gasteiger partial charge < -0.3 is 11.1 Å². The van der Waals surface area contributed by atoms with Gasteiger partial charge in [0.05, 0.1) is 16.1 Å². The first-order valence-corrected chi connectivity index (χ1v) is 9.39. The van der Waals surface area contributed by atoms with Crippen LogP contribution >= 0.6 is 22.9 Å². The average Bonchev–Trinajstić information content (AvgIpc) is 3.04. The smallest absolute Gasteiger partial charge is 0.257 e. The van der Waals surface area contributed by atoms with Crippen LogP contribution in [0.25, 0.3) is 11.1 Å². The van der Waals surface area contributed by atoms with Crippen molar-refractivity contribution in [2.45, 2.75) is 13.8 Å². The van der Waals surface area contributed by atoms with Gasteiger partial charge in [0, 0.05) is 10.9 Å². The zero-order chi connectivity index (χ0) is 20.6. The monoisotopic (exact) mass is 420 g/mol. The Morgan fingerprint density at radius 3 is 2.39 bits per heavy atom. The highest BCUT2D eigenvalue weighted by atomic mass is 35.5. The lowest BCUT2D eigenvalue weighted by molar-refractivity contribution is 0.100. The highest BCUT2D eigenvalue weighted by Gasteiger charge is 2.22. The van der Waals surface area contributed by atoms with Gasteiger partial charge in [0.1, 0.15) is 5.00 Å². The quantitative estimate of drug-likeness (QED) is 0.561. The van der Waals surface area contributed by atoms with E-state index in [0.717, 1.165) is 34.1 Å². The van der Waals surface area contributed by atoms with Crippen molar-refractivity contribution < 1.29 is 18.4 Å². The normalized spacial score (nSPS) is 10.8. The second-order valence-corrected chi connectivity index (χ2v) is 7.50. The Morgan fingerprint density at radius 2 is 1.75 bits per heavy atom. The van der Waals surface area contributed by atoms with Crippen molar-refractivity contribution in [2.24, 2.45) is 5.73 Å². The summed E-state index contributed by atoms with van der Waals surface area (Å²) in [7, 11) is 0. The molecule has 0 bridgehead atoms. The van der Waals surface area contributed by atoms with Gasteiger partial charge in [0.15, 0.2) is 11.6 Å². The van der Waals surface area contributed by atoms with Crippen LogP contribution in [0.3, 0.4) is 0 Å². The highest BCUT2D eigenvalue weighted by molar-refractivity contribution is 7.15. The lowest BCUT2D eigenvalue weighted by atomic mass is 9.99. The number of hydrogen-bond acceptors (Lipinski definition) is 3. The van der Waals surface area contributed by atoms with E-state index in [1.54, 1.807) is 5.38 Å². The predicted octanol–water partition coefficient (Wildman–Crippen LogP) is 5.31. The molecule has 3 rings (SSSR count). The molecule has 0 saturated carbocycles. The third kappa shape index (κ3) is 3.76. The number of benzene rings is 2. The first-order valence-electron chi connectivity index (χ1n) is 8.14. The number of carbonyl (C=O) groups is 2. The molecule has 28 heavy (non-hydrogen) atoms. The number of carbonyl (C=O) groups excluding carboxylic acids is 2. The standard InChI is InChI=1S/C20H15ClF2N2O2S/c1-9-3-4-11(5-10(9)2)13-8-28-20(17(13)18(24)26)25-19(27)12-6-15(22)16(23)7-14(12)21/h3-8H,1-2H3,(H2,24,26)(H,25,27). The van der Waals surface area contributed by atoms with Crippen molar-refractivity contribution in [2.75, 3.05) is 5.32 Å². The second kappa shape index (κ2) is 7.69. The third-order valence-electron chi connectivity index (χ3n) is 4.34. The van der Waals surface area contributed by atoms with Gasteiger partial charge in [0.25, 0.3) is 11.8 Å². The fourth-order valence-corrected chi connectivity index (χ4v) is 3.89. The Hall–Kier alpha value is -2.77. The summed E-state index contributed by atoms with van der Waals surface area (Å²) >= 11 is 6.94. The topological polar surface area (TPSA) is 72.2 Å². The molecule has 1 heterocycles. The Labute approximate surface area is 168 Å². The fourth-order valence-electron chi connectivity index (χ4n) is 2.68. The zero-order valence-corrected chi connectivity index (χ0v) is 16.5. The van der Waals surface area contributed by atoms with Crippen molar-refractivity contribution in [1.82, 2.24) is 0 Å². The first kappa shape index (κ1) is 20.0. The molecule has 144 valence electrons. The van der Waals surface area contributed by atoms with Crippen LogP contribution in [0.1, 0.15) is 31.8 Å². The number of halogens is 3. The van der Waals surface area contributed by atoms with Crippen molar-refractivity contribution in [3.05, 3.63) is 74.6 Å². The van der Waals surface area contributed by atoms with Crippen LogP contribution in [-0.2, 0) is 0 Å². The molecule has 0 unspecified atom stereocenters.